The number of rotatable bonds is 13. The Hall–Kier alpha value is -6.32. The molecule has 6 rings (SSSR count). The van der Waals surface area contributed by atoms with E-state index in [0.29, 0.717) is 49.0 Å². The first-order valence-corrected chi connectivity index (χ1v) is 23.8. The topological polar surface area (TPSA) is 187 Å². The summed E-state index contributed by atoms with van der Waals surface area (Å²) < 4.78 is 13.0. The van der Waals surface area contributed by atoms with Gasteiger partial charge in [-0.25, -0.2) is 19.6 Å². The molecule has 2 aromatic heterocycles. The second-order valence-electron chi connectivity index (χ2n) is 21.2. The summed E-state index contributed by atoms with van der Waals surface area (Å²) >= 11 is 0. The molecular formula is C52H70N8O8. The minimum Gasteiger partial charge on any atom is -0.453 e. The summed E-state index contributed by atoms with van der Waals surface area (Å²) in [6.45, 7) is 20.5. The second-order valence-corrected chi connectivity index (χ2v) is 21.2. The highest BCUT2D eigenvalue weighted by atomic mass is 16.5. The van der Waals surface area contributed by atoms with Crippen LogP contribution in [0, 0.1) is 22.7 Å². The first-order chi connectivity index (χ1) is 32.0. The van der Waals surface area contributed by atoms with Gasteiger partial charge in [0.15, 0.2) is 0 Å². The number of alkyl carbamates (subject to hydrolysis) is 2. The van der Waals surface area contributed by atoms with E-state index < -0.39 is 36.4 Å². The van der Waals surface area contributed by atoms with Gasteiger partial charge in [0.2, 0.25) is 23.6 Å². The fraction of sp³-hybridized carbons (Fsp3) is 0.538. The number of benzene rings is 2. The van der Waals surface area contributed by atoms with Crippen molar-refractivity contribution >= 4 is 35.8 Å². The molecule has 2 N–H and O–H groups in total. The van der Waals surface area contributed by atoms with Gasteiger partial charge in [-0.15, -0.1) is 0 Å². The van der Waals surface area contributed by atoms with Crippen LogP contribution in [-0.2, 0) is 19.1 Å². The average molecular weight is 935 g/mol. The first kappa shape index (κ1) is 51.1. The molecule has 2 saturated heterocycles. The van der Waals surface area contributed by atoms with Gasteiger partial charge < -0.3 is 29.9 Å². The summed E-state index contributed by atoms with van der Waals surface area (Å²) in [6.07, 6.45) is 5.20. The van der Waals surface area contributed by atoms with Gasteiger partial charge in [0.05, 0.1) is 50.1 Å². The lowest BCUT2D eigenvalue weighted by molar-refractivity contribution is -0.136. The zero-order valence-corrected chi connectivity index (χ0v) is 41.8. The molecule has 4 heterocycles. The summed E-state index contributed by atoms with van der Waals surface area (Å²) in [5, 5.41) is 5.40. The van der Waals surface area contributed by atoms with Gasteiger partial charge in [0, 0.05) is 37.1 Å². The Bertz CT molecular complexity index is 2300. The lowest BCUT2D eigenvalue weighted by Gasteiger charge is -2.31. The number of nitrogens with one attached hydrogen (secondary N) is 2. The zero-order chi connectivity index (χ0) is 49.8. The third kappa shape index (κ3) is 11.5. The molecule has 0 bridgehead atoms. The molecule has 16 nitrogen and oxygen atoms in total. The van der Waals surface area contributed by atoms with E-state index in [0.717, 1.165) is 35.1 Å². The summed E-state index contributed by atoms with van der Waals surface area (Å²) in [6, 6.07) is 13.3. The number of likely N-dealkylation sites (tertiary alicyclic amines) is 2. The van der Waals surface area contributed by atoms with Crippen molar-refractivity contribution in [2.24, 2.45) is 22.7 Å². The van der Waals surface area contributed by atoms with Crippen LogP contribution in [0.3, 0.4) is 0 Å². The van der Waals surface area contributed by atoms with E-state index in [2.05, 4.69) is 10.6 Å². The van der Waals surface area contributed by atoms with Crippen molar-refractivity contribution < 1.29 is 38.2 Å². The van der Waals surface area contributed by atoms with E-state index in [-0.39, 0.29) is 59.1 Å². The maximum Gasteiger partial charge on any atom is 0.407 e. The molecule has 0 unspecified atom stereocenters. The van der Waals surface area contributed by atoms with Crippen LogP contribution < -0.4 is 10.6 Å². The molecule has 366 valence electrons. The van der Waals surface area contributed by atoms with Crippen LogP contribution in [0.4, 0.5) is 9.59 Å². The predicted octanol–water partition coefficient (Wildman–Crippen LogP) is 9.32. The number of carbonyl (C=O) groups is 6. The Labute approximate surface area is 400 Å². The van der Waals surface area contributed by atoms with Crippen molar-refractivity contribution in [3.05, 3.63) is 72.6 Å². The minimum atomic E-state index is -0.810. The van der Waals surface area contributed by atoms with Gasteiger partial charge in [-0.3, -0.25) is 28.3 Å². The molecule has 2 aliphatic rings. The van der Waals surface area contributed by atoms with Crippen molar-refractivity contribution in [1.82, 2.24) is 39.5 Å². The summed E-state index contributed by atoms with van der Waals surface area (Å²) in [5.74, 6) is -0.174. The van der Waals surface area contributed by atoms with Crippen molar-refractivity contribution in [3.63, 3.8) is 0 Å². The van der Waals surface area contributed by atoms with Crippen LogP contribution >= 0.6 is 0 Å². The zero-order valence-electron chi connectivity index (χ0n) is 41.8. The summed E-state index contributed by atoms with van der Waals surface area (Å²) in [7, 11) is 2.53. The van der Waals surface area contributed by atoms with Crippen molar-refractivity contribution in [1.29, 1.82) is 0 Å². The maximum absolute atomic E-state index is 14.3. The minimum absolute atomic E-state index is 0.127. The molecule has 0 aliphatic carbocycles. The molecule has 0 spiro atoms. The molecule has 2 aliphatic heterocycles. The smallest absolute Gasteiger partial charge is 0.407 e. The van der Waals surface area contributed by atoms with Crippen LogP contribution in [0.2, 0.25) is 0 Å². The lowest BCUT2D eigenvalue weighted by Crippen LogP contribution is -2.51. The molecule has 4 aromatic rings. The van der Waals surface area contributed by atoms with Gasteiger partial charge in [-0.2, -0.15) is 0 Å². The number of amides is 4. The van der Waals surface area contributed by atoms with Crippen molar-refractivity contribution in [3.8, 4) is 33.6 Å². The third-order valence-electron chi connectivity index (χ3n) is 12.6. The van der Waals surface area contributed by atoms with Crippen molar-refractivity contribution in [2.75, 3.05) is 27.3 Å². The van der Waals surface area contributed by atoms with Crippen LogP contribution in [-0.4, -0.2) is 104 Å². The van der Waals surface area contributed by atoms with Gasteiger partial charge in [0.25, 0.3) is 0 Å². The molecule has 2 aromatic carbocycles. The van der Waals surface area contributed by atoms with Crippen LogP contribution in [0.1, 0.15) is 141 Å². The largest absolute Gasteiger partial charge is 0.453 e. The van der Waals surface area contributed by atoms with E-state index in [4.69, 9.17) is 19.4 Å². The molecule has 0 saturated carbocycles. The Kier molecular flexibility index (Phi) is 15.7. The van der Waals surface area contributed by atoms with E-state index in [9.17, 15) is 28.8 Å². The van der Waals surface area contributed by atoms with E-state index in [1.165, 1.54) is 14.2 Å². The molecular weight excluding hydrogens is 865 g/mol. The SMILES string of the molecule is COC(=O)N[C@H](C(=O)N1CCC[C@@H]1c1ncc(-c2ccc(-c3ccc(-c4cnc([C@H]5CCCN5C(=O)[C@@H](NC(=O)OC)C(C)C)n4C(=O)CC(C)(C)C)cc3)cc2)n1C(=O)CC(C)(C)C)C(C)C. The Morgan fingerprint density at radius 1 is 0.574 bits per heavy atom. The number of ether oxygens (including phenoxy) is 2. The van der Waals surface area contributed by atoms with Crippen LogP contribution in [0.25, 0.3) is 33.6 Å². The first-order valence-electron chi connectivity index (χ1n) is 23.8. The van der Waals surface area contributed by atoms with Gasteiger partial charge in [-0.05, 0) is 59.5 Å². The van der Waals surface area contributed by atoms with E-state index >= 15 is 0 Å². The highest BCUT2D eigenvalue weighted by molar-refractivity contribution is 5.90. The molecule has 4 amide bonds. The van der Waals surface area contributed by atoms with Gasteiger partial charge >= 0.3 is 12.2 Å². The molecule has 0 radical (unpaired) electrons. The Balaban J connectivity index is 1.30. The predicted molar refractivity (Wildman–Crippen MR) is 259 cm³/mol. The third-order valence-corrected chi connectivity index (χ3v) is 12.6. The standard InChI is InChI=1S/C52H70N8O8/c1-31(2)43(55-49(65)67-11)47(63)57-25-13-15-37(57)45-53-29-39(59(45)41(61)27-51(5,6)7)35-21-17-33(18-22-35)34-19-23-36(24-20-34)40-30-54-46(60(40)42(62)28-52(8,9)10)38-16-14-26-58(38)48(64)44(32(3)4)56-50(66)68-12/h17-24,29-32,37-38,43-44H,13-16,25-28H2,1-12H3,(H,55,65)(H,56,66)/t37-,38-,43+,44+/m1/s1. The van der Waals surface area contributed by atoms with Gasteiger partial charge in [0.1, 0.15) is 23.7 Å². The second kappa shape index (κ2) is 20.9. The normalized spacial score (nSPS) is 17.3. The lowest BCUT2D eigenvalue weighted by atomic mass is 9.91. The number of hydrogen-bond acceptors (Lipinski definition) is 10. The molecule has 2 fully saturated rings. The highest BCUT2D eigenvalue weighted by Crippen LogP contribution is 2.39. The fourth-order valence-electron chi connectivity index (χ4n) is 9.22. The number of aromatic nitrogens is 4. The Morgan fingerprint density at radius 3 is 1.19 bits per heavy atom. The highest BCUT2D eigenvalue weighted by Gasteiger charge is 2.41. The van der Waals surface area contributed by atoms with E-state index in [1.54, 1.807) is 31.3 Å². The Morgan fingerprint density at radius 2 is 0.897 bits per heavy atom. The number of methoxy groups -OCH3 is 2. The maximum atomic E-state index is 14.3. The van der Waals surface area contributed by atoms with Gasteiger partial charge in [-0.1, -0.05) is 118 Å². The van der Waals surface area contributed by atoms with Crippen LogP contribution in [0.15, 0.2) is 60.9 Å². The molecule has 68 heavy (non-hydrogen) atoms. The van der Waals surface area contributed by atoms with E-state index in [1.807, 2.05) is 118 Å². The number of nitrogens with zero attached hydrogens (tertiary/aromatic N) is 6. The fourth-order valence-corrected chi connectivity index (χ4v) is 9.22. The quantitative estimate of drug-likeness (QED) is 0.131. The molecule has 16 heteroatoms. The number of carbonyl (C=O) groups excluding carboxylic acids is 6. The van der Waals surface area contributed by atoms with Crippen molar-refractivity contribution in [2.45, 2.75) is 132 Å². The monoisotopic (exact) mass is 935 g/mol. The number of imidazole rings is 2. The average Bonchev–Trinajstić information content (AvgIpc) is 4.11. The number of hydrogen-bond donors (Lipinski definition) is 2. The summed E-state index contributed by atoms with van der Waals surface area (Å²) in [5.41, 5.74) is 4.02. The van der Waals surface area contributed by atoms with Crippen LogP contribution in [0.5, 0.6) is 0 Å². The molecule has 4 atom stereocenters. The summed E-state index contributed by atoms with van der Waals surface area (Å²) in [4.78, 5) is 94.2.